The molecule has 2 N–H and O–H groups in total. The van der Waals surface area contributed by atoms with Crippen LogP contribution in [0.5, 0.6) is 11.5 Å². The summed E-state index contributed by atoms with van der Waals surface area (Å²) in [6, 6.07) is 10.7. The number of hydrogen-bond donors (Lipinski definition) is 2. The summed E-state index contributed by atoms with van der Waals surface area (Å²) in [5.74, 6) is 0.425. The van der Waals surface area contributed by atoms with E-state index in [9.17, 15) is 19.5 Å². The van der Waals surface area contributed by atoms with E-state index in [-0.39, 0.29) is 33.8 Å². The van der Waals surface area contributed by atoms with Crippen molar-refractivity contribution in [2.45, 2.75) is 6.92 Å². The molecule has 0 spiro atoms. The molecule has 0 aliphatic rings. The summed E-state index contributed by atoms with van der Waals surface area (Å²) in [6.07, 6.45) is 0. The molecule has 3 heterocycles. The van der Waals surface area contributed by atoms with Gasteiger partial charge in [0.15, 0.2) is 5.65 Å². The van der Waals surface area contributed by atoms with Crippen molar-refractivity contribution in [3.8, 4) is 28.4 Å². The maximum atomic E-state index is 12.6. The number of aromatic nitrogens is 3. The highest BCUT2D eigenvalue weighted by Gasteiger charge is 2.17. The van der Waals surface area contributed by atoms with Crippen molar-refractivity contribution in [2.75, 3.05) is 7.11 Å². The number of nitrogens with one attached hydrogen (secondary N) is 1. The molecular weight excluding hydrogens is 378 g/mol. The van der Waals surface area contributed by atoms with Crippen molar-refractivity contribution in [1.82, 2.24) is 14.5 Å². The summed E-state index contributed by atoms with van der Waals surface area (Å²) >= 11 is 0. The van der Waals surface area contributed by atoms with Gasteiger partial charge in [-0.2, -0.15) is 0 Å². The number of nitrogens with zero attached hydrogens (tertiary/aromatic N) is 2. The number of ether oxygens (including phenoxy) is 1. The molecule has 4 aromatic rings. The van der Waals surface area contributed by atoms with Crippen LogP contribution in [0.25, 0.3) is 28.0 Å². The second kappa shape index (κ2) is 6.79. The Kier molecular flexibility index (Phi) is 4.27. The smallest absolute Gasteiger partial charge is 0.349 e. The fraction of sp³-hybridized carbons (Fsp3) is 0.100. The fourth-order valence-corrected chi connectivity index (χ4v) is 3.07. The van der Waals surface area contributed by atoms with E-state index in [4.69, 9.17) is 9.15 Å². The lowest BCUT2D eigenvalue weighted by Crippen LogP contribution is -2.30. The van der Waals surface area contributed by atoms with Crippen LogP contribution in [0.2, 0.25) is 0 Å². The van der Waals surface area contributed by atoms with Crippen LogP contribution >= 0.6 is 0 Å². The molecule has 0 unspecified atom stereocenters. The van der Waals surface area contributed by atoms with Gasteiger partial charge in [-0.15, -0.1) is 0 Å². The third-order valence-electron chi connectivity index (χ3n) is 4.38. The Hall–Kier alpha value is -4.14. The number of aryl methyl sites for hydroxylation is 1. The minimum Gasteiger partial charge on any atom is -0.507 e. The second-order valence-electron chi connectivity index (χ2n) is 6.27. The minimum absolute atomic E-state index is 0.0175. The zero-order valence-corrected chi connectivity index (χ0v) is 15.4. The van der Waals surface area contributed by atoms with E-state index >= 15 is 0 Å². The molecule has 0 saturated heterocycles. The number of rotatable bonds is 3. The van der Waals surface area contributed by atoms with Gasteiger partial charge in [-0.25, -0.2) is 19.1 Å². The van der Waals surface area contributed by atoms with Crippen LogP contribution in [0.3, 0.4) is 0 Å². The molecule has 29 heavy (non-hydrogen) atoms. The molecule has 0 radical (unpaired) electrons. The van der Waals surface area contributed by atoms with E-state index in [2.05, 4.69) is 9.97 Å². The number of benzene rings is 1. The van der Waals surface area contributed by atoms with Crippen molar-refractivity contribution >= 4 is 11.0 Å². The van der Waals surface area contributed by atoms with Crippen LogP contribution in [0.1, 0.15) is 5.76 Å². The largest absolute Gasteiger partial charge is 0.507 e. The first-order valence-electron chi connectivity index (χ1n) is 8.53. The van der Waals surface area contributed by atoms with E-state index < -0.39 is 16.9 Å². The Labute approximate surface area is 162 Å². The zero-order valence-electron chi connectivity index (χ0n) is 15.4. The average molecular weight is 393 g/mol. The Bertz CT molecular complexity index is 1430. The van der Waals surface area contributed by atoms with Crippen LogP contribution in [0.15, 0.2) is 61.3 Å². The van der Waals surface area contributed by atoms with Crippen molar-refractivity contribution in [3.63, 3.8) is 0 Å². The van der Waals surface area contributed by atoms with Gasteiger partial charge in [-0.1, -0.05) is 6.07 Å². The molecule has 9 heteroatoms. The highest BCUT2D eigenvalue weighted by Crippen LogP contribution is 2.26. The van der Waals surface area contributed by atoms with Crippen LogP contribution in [-0.2, 0) is 0 Å². The summed E-state index contributed by atoms with van der Waals surface area (Å²) < 4.78 is 11.4. The van der Waals surface area contributed by atoms with E-state index in [1.54, 1.807) is 24.3 Å². The van der Waals surface area contributed by atoms with Gasteiger partial charge in [-0.3, -0.25) is 9.78 Å². The molecule has 4 rings (SSSR count). The second-order valence-corrected chi connectivity index (χ2v) is 6.27. The van der Waals surface area contributed by atoms with Crippen molar-refractivity contribution < 1.29 is 14.3 Å². The van der Waals surface area contributed by atoms with E-state index in [0.717, 1.165) is 0 Å². The summed E-state index contributed by atoms with van der Waals surface area (Å²) in [5.41, 5.74) is -1.80. The molecular formula is C20H15N3O6. The molecule has 9 nitrogen and oxygen atoms in total. The molecule has 3 aromatic heterocycles. The predicted octanol–water partition coefficient (Wildman–Crippen LogP) is 1.72. The molecule has 1 aromatic carbocycles. The average Bonchev–Trinajstić information content (AvgIpc) is 2.67. The van der Waals surface area contributed by atoms with E-state index in [1.807, 2.05) is 0 Å². The summed E-state index contributed by atoms with van der Waals surface area (Å²) in [4.78, 5) is 43.7. The predicted molar refractivity (Wildman–Crippen MR) is 105 cm³/mol. The topological polar surface area (TPSA) is 127 Å². The fourth-order valence-electron chi connectivity index (χ4n) is 3.07. The SMILES string of the molecule is COc1cccc(-n2c(=O)[nH]c(=O)c3ccc(-c4c(O)cc(C)oc4=O)nc32)c1. The maximum absolute atomic E-state index is 12.6. The first-order chi connectivity index (χ1) is 13.9. The van der Waals surface area contributed by atoms with Crippen molar-refractivity contribution in [1.29, 1.82) is 0 Å². The number of aromatic amines is 1. The number of hydrogen-bond acceptors (Lipinski definition) is 7. The van der Waals surface area contributed by atoms with E-state index in [0.29, 0.717) is 11.4 Å². The lowest BCUT2D eigenvalue weighted by molar-refractivity contribution is 0.414. The third-order valence-corrected chi connectivity index (χ3v) is 4.38. The highest BCUT2D eigenvalue weighted by molar-refractivity contribution is 5.80. The lowest BCUT2D eigenvalue weighted by atomic mass is 10.1. The van der Waals surface area contributed by atoms with Crippen LogP contribution in [0, 0.1) is 6.92 Å². The Morgan fingerprint density at radius 2 is 1.93 bits per heavy atom. The minimum atomic E-state index is -0.783. The Morgan fingerprint density at radius 1 is 1.14 bits per heavy atom. The van der Waals surface area contributed by atoms with Crippen LogP contribution < -0.4 is 21.6 Å². The van der Waals surface area contributed by atoms with Gasteiger partial charge in [0.1, 0.15) is 22.8 Å². The zero-order chi connectivity index (χ0) is 20.7. The monoisotopic (exact) mass is 393 g/mol. The molecule has 0 bridgehead atoms. The Balaban J connectivity index is 2.08. The molecule has 0 atom stereocenters. The van der Waals surface area contributed by atoms with Crippen LogP contribution in [-0.4, -0.2) is 26.8 Å². The number of H-pyrrole nitrogens is 1. The Morgan fingerprint density at radius 3 is 2.66 bits per heavy atom. The van der Waals surface area contributed by atoms with Gasteiger partial charge in [0.25, 0.3) is 5.56 Å². The van der Waals surface area contributed by atoms with Gasteiger partial charge >= 0.3 is 11.3 Å². The number of aromatic hydroxyl groups is 1. The summed E-state index contributed by atoms with van der Waals surface area (Å²) in [5, 5.41) is 10.3. The number of fused-ring (bicyclic) bond motifs is 1. The van der Waals surface area contributed by atoms with Crippen molar-refractivity contribution in [3.05, 3.63) is 79.5 Å². The summed E-state index contributed by atoms with van der Waals surface area (Å²) in [7, 11) is 1.49. The third kappa shape index (κ3) is 3.08. The molecule has 0 aliphatic heterocycles. The molecule has 0 amide bonds. The molecule has 146 valence electrons. The summed E-state index contributed by atoms with van der Waals surface area (Å²) in [6.45, 7) is 1.53. The normalized spacial score (nSPS) is 11.0. The van der Waals surface area contributed by atoms with Gasteiger partial charge < -0.3 is 14.3 Å². The quantitative estimate of drug-likeness (QED) is 0.542. The van der Waals surface area contributed by atoms with E-state index in [1.165, 1.54) is 36.8 Å². The first-order valence-corrected chi connectivity index (χ1v) is 8.53. The molecule has 0 fully saturated rings. The van der Waals surface area contributed by atoms with Gasteiger partial charge in [0.2, 0.25) is 0 Å². The maximum Gasteiger partial charge on any atom is 0.349 e. The molecule has 0 saturated carbocycles. The van der Waals surface area contributed by atoms with Crippen molar-refractivity contribution in [2.24, 2.45) is 0 Å². The van der Waals surface area contributed by atoms with Crippen LogP contribution in [0.4, 0.5) is 0 Å². The highest BCUT2D eigenvalue weighted by atomic mass is 16.5. The first kappa shape index (κ1) is 18.2. The standard InChI is InChI=1S/C20H15N3O6/c1-10-8-15(24)16(19(26)29-10)14-7-6-13-17(21-14)23(20(27)22-18(13)25)11-4-3-5-12(9-11)28-2/h3-9,24H,1-2H3,(H,22,25,27). The lowest BCUT2D eigenvalue weighted by Gasteiger charge is -2.11. The van der Waals surface area contributed by atoms with Gasteiger partial charge in [0, 0.05) is 12.1 Å². The number of methoxy groups -OCH3 is 1. The number of pyridine rings is 1. The van der Waals surface area contributed by atoms with Gasteiger partial charge in [-0.05, 0) is 31.2 Å². The molecule has 0 aliphatic carbocycles. The van der Waals surface area contributed by atoms with Gasteiger partial charge in [0.05, 0.1) is 23.9 Å².